The lowest BCUT2D eigenvalue weighted by molar-refractivity contribution is 0.457. The fraction of sp³-hybridized carbons (Fsp3) is 0.562. The van der Waals surface area contributed by atoms with Crippen molar-refractivity contribution < 1.29 is 0 Å². The van der Waals surface area contributed by atoms with Gasteiger partial charge in [-0.05, 0) is 57.2 Å². The molecule has 1 atom stereocenters. The van der Waals surface area contributed by atoms with E-state index in [-0.39, 0.29) is 0 Å². The maximum atomic E-state index is 4.58. The van der Waals surface area contributed by atoms with Crippen LogP contribution in [0, 0.1) is 6.92 Å². The van der Waals surface area contributed by atoms with Crippen molar-refractivity contribution in [1.29, 1.82) is 0 Å². The molecule has 0 fully saturated rings. The quantitative estimate of drug-likeness (QED) is 0.798. The minimum atomic E-state index is 0.401. The smallest absolute Gasteiger partial charge is 0.0597 e. The molecule has 0 spiro atoms. The Kier molecular flexibility index (Phi) is 5.80. The van der Waals surface area contributed by atoms with Gasteiger partial charge in [0.1, 0.15) is 0 Å². The van der Waals surface area contributed by atoms with Gasteiger partial charge >= 0.3 is 0 Å². The summed E-state index contributed by atoms with van der Waals surface area (Å²) in [6.45, 7) is 8.44. The van der Waals surface area contributed by atoms with Crippen molar-refractivity contribution in [1.82, 2.24) is 15.1 Å². The highest BCUT2D eigenvalue weighted by Gasteiger charge is 2.16. The summed E-state index contributed by atoms with van der Waals surface area (Å²) in [5.41, 5.74) is 2.44. The van der Waals surface area contributed by atoms with Crippen LogP contribution in [0.1, 0.15) is 49.0 Å². The summed E-state index contributed by atoms with van der Waals surface area (Å²) in [6, 6.07) is 6.99. The second-order valence-electron chi connectivity index (χ2n) is 5.15. The van der Waals surface area contributed by atoms with Crippen LogP contribution in [0.4, 0.5) is 0 Å². The molecule has 0 saturated heterocycles. The summed E-state index contributed by atoms with van der Waals surface area (Å²) < 4.78 is 2.14. The van der Waals surface area contributed by atoms with Crippen LogP contribution < -0.4 is 5.32 Å². The van der Waals surface area contributed by atoms with Gasteiger partial charge in [-0.15, -0.1) is 11.3 Å². The molecular formula is C16H25N3S. The molecule has 0 saturated carbocycles. The number of rotatable bonds is 8. The first-order chi connectivity index (χ1) is 9.74. The summed E-state index contributed by atoms with van der Waals surface area (Å²) >= 11 is 1.85. The van der Waals surface area contributed by atoms with Gasteiger partial charge in [0.15, 0.2) is 0 Å². The first-order valence-electron chi connectivity index (χ1n) is 7.54. The van der Waals surface area contributed by atoms with Crippen LogP contribution in [0.25, 0.3) is 0 Å². The summed E-state index contributed by atoms with van der Waals surface area (Å²) in [4.78, 5) is 1.47. The fourth-order valence-corrected chi connectivity index (χ4v) is 3.24. The molecule has 2 aromatic heterocycles. The van der Waals surface area contributed by atoms with Crippen molar-refractivity contribution in [2.75, 3.05) is 6.54 Å². The van der Waals surface area contributed by atoms with E-state index in [9.17, 15) is 0 Å². The van der Waals surface area contributed by atoms with Crippen molar-refractivity contribution >= 4 is 11.3 Å². The lowest BCUT2D eigenvalue weighted by Crippen LogP contribution is -2.25. The highest BCUT2D eigenvalue weighted by molar-refractivity contribution is 7.09. The van der Waals surface area contributed by atoms with Gasteiger partial charge in [0, 0.05) is 17.5 Å². The SMILES string of the molecule is CCCNC(CCc1cccs1)c1cc(C)nn1CC. The van der Waals surface area contributed by atoms with Gasteiger partial charge in [0.05, 0.1) is 11.4 Å². The molecule has 2 rings (SSSR count). The molecule has 20 heavy (non-hydrogen) atoms. The molecular weight excluding hydrogens is 266 g/mol. The number of nitrogens with zero attached hydrogens (tertiary/aromatic N) is 2. The lowest BCUT2D eigenvalue weighted by atomic mass is 10.1. The molecule has 1 unspecified atom stereocenters. The van der Waals surface area contributed by atoms with E-state index in [1.165, 1.54) is 10.6 Å². The highest BCUT2D eigenvalue weighted by atomic mass is 32.1. The van der Waals surface area contributed by atoms with Crippen LogP contribution in [0.5, 0.6) is 0 Å². The largest absolute Gasteiger partial charge is 0.309 e. The van der Waals surface area contributed by atoms with Gasteiger partial charge in [0.2, 0.25) is 0 Å². The Bertz CT molecular complexity index is 502. The summed E-state index contributed by atoms with van der Waals surface area (Å²) in [5.74, 6) is 0. The van der Waals surface area contributed by atoms with Crippen LogP contribution in [0.2, 0.25) is 0 Å². The maximum absolute atomic E-state index is 4.58. The molecule has 0 aliphatic carbocycles. The fourth-order valence-electron chi connectivity index (χ4n) is 2.51. The number of aryl methyl sites for hydroxylation is 3. The van der Waals surface area contributed by atoms with Crippen LogP contribution in [0.15, 0.2) is 23.6 Å². The minimum Gasteiger partial charge on any atom is -0.309 e. The first kappa shape index (κ1) is 15.3. The Balaban J connectivity index is 2.09. The van der Waals surface area contributed by atoms with Gasteiger partial charge in [-0.1, -0.05) is 13.0 Å². The Morgan fingerprint density at radius 3 is 2.90 bits per heavy atom. The summed E-state index contributed by atoms with van der Waals surface area (Å²) in [6.07, 6.45) is 3.42. The number of hydrogen-bond donors (Lipinski definition) is 1. The van der Waals surface area contributed by atoms with Crippen LogP contribution in [-0.2, 0) is 13.0 Å². The lowest BCUT2D eigenvalue weighted by Gasteiger charge is -2.19. The van der Waals surface area contributed by atoms with E-state index in [4.69, 9.17) is 0 Å². The maximum Gasteiger partial charge on any atom is 0.0597 e. The van der Waals surface area contributed by atoms with Gasteiger partial charge in [0.25, 0.3) is 0 Å². The Morgan fingerprint density at radius 1 is 1.40 bits per heavy atom. The van der Waals surface area contributed by atoms with Crippen molar-refractivity contribution in [2.45, 2.75) is 52.6 Å². The number of thiophene rings is 1. The van der Waals surface area contributed by atoms with E-state index in [2.05, 4.69) is 59.4 Å². The third kappa shape index (κ3) is 3.93. The Labute approximate surface area is 126 Å². The van der Waals surface area contributed by atoms with Gasteiger partial charge in [-0.3, -0.25) is 4.68 Å². The zero-order chi connectivity index (χ0) is 14.4. The molecule has 0 amide bonds. The first-order valence-corrected chi connectivity index (χ1v) is 8.42. The van der Waals surface area contributed by atoms with Crippen LogP contribution in [0.3, 0.4) is 0 Å². The zero-order valence-corrected chi connectivity index (χ0v) is 13.5. The number of hydrogen-bond acceptors (Lipinski definition) is 3. The normalized spacial score (nSPS) is 12.8. The molecule has 2 aromatic rings. The predicted octanol–water partition coefficient (Wildman–Crippen LogP) is 3.95. The van der Waals surface area contributed by atoms with E-state index >= 15 is 0 Å². The van der Waals surface area contributed by atoms with E-state index in [1.54, 1.807) is 0 Å². The molecule has 0 aliphatic rings. The number of nitrogens with one attached hydrogen (secondary N) is 1. The topological polar surface area (TPSA) is 29.9 Å². The van der Waals surface area contributed by atoms with E-state index in [0.29, 0.717) is 6.04 Å². The molecule has 0 radical (unpaired) electrons. The van der Waals surface area contributed by atoms with E-state index in [1.807, 2.05) is 11.3 Å². The highest BCUT2D eigenvalue weighted by Crippen LogP contribution is 2.22. The van der Waals surface area contributed by atoms with E-state index < -0.39 is 0 Å². The van der Waals surface area contributed by atoms with E-state index in [0.717, 1.165) is 38.0 Å². The molecule has 0 aliphatic heterocycles. The molecule has 2 heterocycles. The van der Waals surface area contributed by atoms with Crippen molar-refractivity contribution in [3.63, 3.8) is 0 Å². The van der Waals surface area contributed by atoms with Gasteiger partial charge in [-0.2, -0.15) is 5.10 Å². The third-order valence-electron chi connectivity index (χ3n) is 3.49. The average Bonchev–Trinajstić information content (AvgIpc) is 3.08. The molecule has 0 bridgehead atoms. The second-order valence-corrected chi connectivity index (χ2v) is 6.18. The summed E-state index contributed by atoms with van der Waals surface area (Å²) in [7, 11) is 0. The monoisotopic (exact) mass is 291 g/mol. The molecule has 3 nitrogen and oxygen atoms in total. The van der Waals surface area contributed by atoms with Gasteiger partial charge in [-0.25, -0.2) is 0 Å². The minimum absolute atomic E-state index is 0.401. The van der Waals surface area contributed by atoms with Crippen molar-refractivity contribution in [3.05, 3.63) is 39.8 Å². The molecule has 0 aromatic carbocycles. The van der Waals surface area contributed by atoms with Crippen LogP contribution >= 0.6 is 11.3 Å². The van der Waals surface area contributed by atoms with Crippen LogP contribution in [-0.4, -0.2) is 16.3 Å². The summed E-state index contributed by atoms with van der Waals surface area (Å²) in [5, 5.41) is 10.4. The zero-order valence-electron chi connectivity index (χ0n) is 12.7. The number of aromatic nitrogens is 2. The Hall–Kier alpha value is -1.13. The second kappa shape index (κ2) is 7.60. The van der Waals surface area contributed by atoms with Gasteiger partial charge < -0.3 is 5.32 Å². The van der Waals surface area contributed by atoms with Crippen molar-refractivity contribution in [3.8, 4) is 0 Å². The van der Waals surface area contributed by atoms with Crippen molar-refractivity contribution in [2.24, 2.45) is 0 Å². The standard InChI is InChI=1S/C16H25N3S/c1-4-10-17-15(9-8-14-7-6-11-20-14)16-12-13(3)18-19(16)5-2/h6-7,11-12,15,17H,4-5,8-10H2,1-3H3. The third-order valence-corrected chi connectivity index (χ3v) is 4.43. The average molecular weight is 291 g/mol. The predicted molar refractivity (Wildman–Crippen MR) is 86.3 cm³/mol. The molecule has 4 heteroatoms. The molecule has 110 valence electrons. The Morgan fingerprint density at radius 2 is 2.25 bits per heavy atom. The molecule has 1 N–H and O–H groups in total.